The van der Waals surface area contributed by atoms with E-state index in [9.17, 15) is 23.1 Å². The van der Waals surface area contributed by atoms with Crippen LogP contribution in [0.2, 0.25) is 5.02 Å². The number of amides is 2. The van der Waals surface area contributed by atoms with Crippen molar-refractivity contribution in [2.75, 3.05) is 18.8 Å². The third-order valence-corrected chi connectivity index (χ3v) is 8.50. The van der Waals surface area contributed by atoms with Crippen LogP contribution in [0.25, 0.3) is 11.1 Å². The highest BCUT2D eigenvalue weighted by Crippen LogP contribution is 2.31. The first kappa shape index (κ1) is 31.5. The average Bonchev–Trinajstić information content (AvgIpc) is 2.95. The number of benzene rings is 3. The molecule has 2 amide bonds. The molecule has 11 heteroatoms. The number of aliphatic hydroxyl groups excluding tert-OH is 1. The van der Waals surface area contributed by atoms with Crippen LogP contribution >= 0.6 is 11.6 Å². The zero-order valence-electron chi connectivity index (χ0n) is 23.2. The molecule has 1 atom stereocenters. The molecule has 0 spiro atoms. The third kappa shape index (κ3) is 9.29. The molecule has 9 nitrogen and oxygen atoms in total. The van der Waals surface area contributed by atoms with Crippen LogP contribution in [0.3, 0.4) is 0 Å². The van der Waals surface area contributed by atoms with E-state index in [1.807, 2.05) is 41.1 Å². The van der Waals surface area contributed by atoms with Gasteiger partial charge in [-0.2, -0.15) is 0 Å². The van der Waals surface area contributed by atoms with Gasteiger partial charge in [0, 0.05) is 11.6 Å². The maximum Gasteiger partial charge on any atom is 0.268 e. The number of hydrogen-bond donors (Lipinski definition) is 4. The van der Waals surface area contributed by atoms with Crippen LogP contribution < -0.4 is 20.5 Å². The standard InChI is InChI=1S/C31H36ClN3O6S/c32-25-6-4-5-24(17-25)28(36)19-34-16-15-21-9-11-22(12-10-21)23-13-14-27(31(38)35-42(39,40)20-30(33)37)29(18-23)41-26-7-2-1-3-8-26/h4-6,9-14,17-18,26,28,34,36H,1-3,7-8,15-16,19-20H2,(H2,33,37)(H,35,38)/t28-/m1/s1. The minimum atomic E-state index is -4.23. The lowest BCUT2D eigenvalue weighted by Gasteiger charge is -2.24. The Bertz CT molecular complexity index is 1490. The molecule has 1 saturated carbocycles. The van der Waals surface area contributed by atoms with Crippen molar-refractivity contribution in [3.05, 3.63) is 88.4 Å². The van der Waals surface area contributed by atoms with Gasteiger partial charge in [0.15, 0.2) is 0 Å². The van der Waals surface area contributed by atoms with Crippen molar-refractivity contribution in [2.45, 2.75) is 50.7 Å². The Morgan fingerprint density at radius 1 is 1.00 bits per heavy atom. The predicted molar refractivity (Wildman–Crippen MR) is 163 cm³/mol. The maximum atomic E-state index is 12.9. The Labute approximate surface area is 251 Å². The minimum absolute atomic E-state index is 0.0695. The highest BCUT2D eigenvalue weighted by atomic mass is 35.5. The second-order valence-electron chi connectivity index (χ2n) is 10.5. The van der Waals surface area contributed by atoms with Gasteiger partial charge in [0.2, 0.25) is 15.9 Å². The van der Waals surface area contributed by atoms with Crippen molar-refractivity contribution in [1.29, 1.82) is 0 Å². The van der Waals surface area contributed by atoms with E-state index >= 15 is 0 Å². The summed E-state index contributed by atoms with van der Waals surface area (Å²) in [6.07, 6.45) is 4.91. The zero-order chi connectivity index (χ0) is 30.1. The van der Waals surface area contributed by atoms with Gasteiger partial charge in [-0.1, -0.05) is 60.5 Å². The quantitative estimate of drug-likeness (QED) is 0.212. The Balaban J connectivity index is 1.42. The molecule has 1 aliphatic carbocycles. The van der Waals surface area contributed by atoms with Crippen molar-refractivity contribution < 1.29 is 27.9 Å². The summed E-state index contributed by atoms with van der Waals surface area (Å²) < 4.78 is 32.5. The fourth-order valence-electron chi connectivity index (χ4n) is 4.94. The summed E-state index contributed by atoms with van der Waals surface area (Å²) in [6, 6.07) is 20.2. The SMILES string of the molecule is NC(=O)CS(=O)(=O)NC(=O)c1ccc(-c2ccc(CCNC[C@@H](O)c3cccc(Cl)c3)cc2)cc1OC1CCCCC1. The first-order valence-electron chi connectivity index (χ1n) is 14.0. The lowest BCUT2D eigenvalue weighted by atomic mass is 9.97. The van der Waals surface area contributed by atoms with Crippen LogP contribution in [0, 0.1) is 0 Å². The first-order valence-corrected chi connectivity index (χ1v) is 16.0. The highest BCUT2D eigenvalue weighted by molar-refractivity contribution is 7.90. The summed E-state index contributed by atoms with van der Waals surface area (Å²) in [4.78, 5) is 24.0. The maximum absolute atomic E-state index is 12.9. The second kappa shape index (κ2) is 14.6. The summed E-state index contributed by atoms with van der Waals surface area (Å²) in [5, 5.41) is 14.2. The van der Waals surface area contributed by atoms with Crippen molar-refractivity contribution in [3.63, 3.8) is 0 Å². The van der Waals surface area contributed by atoms with E-state index < -0.39 is 33.7 Å². The number of primary amides is 1. The highest BCUT2D eigenvalue weighted by Gasteiger charge is 2.24. The number of nitrogens with one attached hydrogen (secondary N) is 2. The van der Waals surface area contributed by atoms with Gasteiger partial charge in [-0.25, -0.2) is 13.1 Å². The van der Waals surface area contributed by atoms with Gasteiger partial charge >= 0.3 is 0 Å². The molecule has 0 aromatic heterocycles. The monoisotopic (exact) mass is 613 g/mol. The number of aliphatic hydroxyl groups is 1. The van der Waals surface area contributed by atoms with Gasteiger partial charge in [0.1, 0.15) is 11.5 Å². The molecule has 4 rings (SSSR count). The van der Waals surface area contributed by atoms with Gasteiger partial charge in [-0.15, -0.1) is 0 Å². The molecule has 0 saturated heterocycles. The van der Waals surface area contributed by atoms with Crippen LogP contribution in [0.1, 0.15) is 59.7 Å². The summed E-state index contributed by atoms with van der Waals surface area (Å²) in [5.41, 5.74) is 8.67. The second-order valence-corrected chi connectivity index (χ2v) is 12.6. The van der Waals surface area contributed by atoms with Crippen LogP contribution in [-0.4, -0.2) is 50.3 Å². The molecular weight excluding hydrogens is 578 g/mol. The van der Waals surface area contributed by atoms with Gasteiger partial charge in [-0.05, 0) is 85.2 Å². The molecular formula is C31H36ClN3O6S. The largest absolute Gasteiger partial charge is 0.490 e. The molecule has 0 aliphatic heterocycles. The molecule has 1 aliphatic rings. The topological polar surface area (TPSA) is 148 Å². The van der Waals surface area contributed by atoms with Crippen molar-refractivity contribution in [3.8, 4) is 16.9 Å². The van der Waals surface area contributed by atoms with E-state index in [1.165, 1.54) is 6.07 Å². The number of carbonyl (C=O) groups excluding carboxylic acids is 2. The molecule has 224 valence electrons. The normalized spacial score (nSPS) is 14.7. The lowest BCUT2D eigenvalue weighted by Crippen LogP contribution is -2.37. The van der Waals surface area contributed by atoms with E-state index in [1.54, 1.807) is 24.3 Å². The lowest BCUT2D eigenvalue weighted by molar-refractivity contribution is -0.115. The van der Waals surface area contributed by atoms with E-state index in [4.69, 9.17) is 22.1 Å². The molecule has 3 aromatic carbocycles. The summed E-state index contributed by atoms with van der Waals surface area (Å²) in [5.74, 6) is -2.63. The van der Waals surface area contributed by atoms with Gasteiger partial charge in [-0.3, -0.25) is 9.59 Å². The van der Waals surface area contributed by atoms with Crippen LogP contribution in [0.15, 0.2) is 66.7 Å². The number of hydrogen-bond acceptors (Lipinski definition) is 7. The Hall–Kier alpha value is -3.44. The Morgan fingerprint density at radius 2 is 1.71 bits per heavy atom. The van der Waals surface area contributed by atoms with E-state index in [2.05, 4.69) is 5.32 Å². The molecule has 42 heavy (non-hydrogen) atoms. The number of carbonyl (C=O) groups is 2. The molecule has 5 N–H and O–H groups in total. The fraction of sp³-hybridized carbons (Fsp3) is 0.355. The molecule has 0 heterocycles. The predicted octanol–water partition coefficient (Wildman–Crippen LogP) is 4.13. The fourth-order valence-corrected chi connectivity index (χ4v) is 5.97. The van der Waals surface area contributed by atoms with Crippen LogP contribution in [0.4, 0.5) is 0 Å². The molecule has 1 fully saturated rings. The van der Waals surface area contributed by atoms with Crippen molar-refractivity contribution >= 4 is 33.4 Å². The summed E-state index contributed by atoms with van der Waals surface area (Å²) in [7, 11) is -4.23. The summed E-state index contributed by atoms with van der Waals surface area (Å²) >= 11 is 6.01. The molecule has 0 radical (unpaired) electrons. The number of nitrogens with two attached hydrogens (primary N) is 1. The molecule has 0 unspecified atom stereocenters. The summed E-state index contributed by atoms with van der Waals surface area (Å²) in [6.45, 7) is 1.09. The van der Waals surface area contributed by atoms with Gasteiger partial charge in [0.25, 0.3) is 5.91 Å². The van der Waals surface area contributed by atoms with E-state index in [0.29, 0.717) is 18.1 Å². The number of halogens is 1. The van der Waals surface area contributed by atoms with Crippen molar-refractivity contribution in [1.82, 2.24) is 10.0 Å². The number of rotatable bonds is 13. The van der Waals surface area contributed by atoms with Gasteiger partial charge in [0.05, 0.1) is 17.8 Å². The van der Waals surface area contributed by atoms with Crippen LogP contribution in [-0.2, 0) is 21.2 Å². The first-order chi connectivity index (χ1) is 20.1. The minimum Gasteiger partial charge on any atom is -0.490 e. The third-order valence-electron chi connectivity index (χ3n) is 7.10. The van der Waals surface area contributed by atoms with E-state index in [-0.39, 0.29) is 17.4 Å². The van der Waals surface area contributed by atoms with Crippen molar-refractivity contribution in [2.24, 2.45) is 5.73 Å². The Morgan fingerprint density at radius 3 is 2.40 bits per heavy atom. The van der Waals surface area contributed by atoms with E-state index in [0.717, 1.165) is 60.8 Å². The average molecular weight is 614 g/mol. The Kier molecular flexibility index (Phi) is 11.0. The molecule has 0 bridgehead atoms. The smallest absolute Gasteiger partial charge is 0.268 e. The molecule has 3 aromatic rings. The van der Waals surface area contributed by atoms with Crippen LogP contribution in [0.5, 0.6) is 5.75 Å². The number of ether oxygens (including phenoxy) is 1. The number of sulfonamides is 1. The van der Waals surface area contributed by atoms with Gasteiger partial charge < -0.3 is 20.9 Å². The zero-order valence-corrected chi connectivity index (χ0v) is 24.8.